The summed E-state index contributed by atoms with van der Waals surface area (Å²) in [4.78, 5) is 13.6. The summed E-state index contributed by atoms with van der Waals surface area (Å²) in [6.45, 7) is 3.50. The van der Waals surface area contributed by atoms with Gasteiger partial charge in [0, 0.05) is 37.6 Å². The maximum absolute atomic E-state index is 5.51. The fourth-order valence-corrected chi connectivity index (χ4v) is 3.67. The van der Waals surface area contributed by atoms with E-state index in [0.717, 1.165) is 54.3 Å². The largest absolute Gasteiger partial charge is 0.495 e. The molecule has 7 heteroatoms. The molecule has 1 saturated heterocycles. The van der Waals surface area contributed by atoms with Gasteiger partial charge >= 0.3 is 0 Å². The van der Waals surface area contributed by atoms with Crippen molar-refractivity contribution in [2.75, 3.05) is 57.3 Å². The van der Waals surface area contributed by atoms with Crippen molar-refractivity contribution >= 4 is 22.4 Å². The molecule has 0 radical (unpaired) electrons. The van der Waals surface area contributed by atoms with Crippen molar-refractivity contribution < 1.29 is 14.2 Å². The summed E-state index contributed by atoms with van der Waals surface area (Å²) in [6, 6.07) is 12.0. The molecule has 7 nitrogen and oxygen atoms in total. The lowest BCUT2D eigenvalue weighted by atomic mass is 10.1. The van der Waals surface area contributed by atoms with Gasteiger partial charge in [0.2, 0.25) is 0 Å². The molecule has 4 rings (SSSR count). The van der Waals surface area contributed by atoms with Crippen molar-refractivity contribution in [3.8, 4) is 17.2 Å². The topological polar surface area (TPSA) is 60.0 Å². The summed E-state index contributed by atoms with van der Waals surface area (Å²) in [5.41, 5.74) is 1.97. The maximum Gasteiger partial charge on any atom is 0.162 e. The van der Waals surface area contributed by atoms with Gasteiger partial charge in [0.05, 0.1) is 32.5 Å². The number of anilines is 2. The number of aromatic nitrogens is 2. The van der Waals surface area contributed by atoms with Gasteiger partial charge in [0.1, 0.15) is 17.9 Å². The summed E-state index contributed by atoms with van der Waals surface area (Å²) < 4.78 is 16.4. The van der Waals surface area contributed by atoms with Crippen LogP contribution in [-0.2, 0) is 0 Å². The third-order valence-electron chi connectivity index (χ3n) is 5.12. The zero-order valence-electron chi connectivity index (χ0n) is 16.4. The van der Waals surface area contributed by atoms with Crippen molar-refractivity contribution in [3.63, 3.8) is 0 Å². The lowest BCUT2D eigenvalue weighted by Gasteiger charge is -2.37. The minimum absolute atomic E-state index is 0.667. The first-order valence-electron chi connectivity index (χ1n) is 9.24. The number of hydrogen-bond donors (Lipinski definition) is 0. The van der Waals surface area contributed by atoms with Crippen LogP contribution in [0.3, 0.4) is 0 Å². The van der Waals surface area contributed by atoms with Gasteiger partial charge in [-0.3, -0.25) is 0 Å². The molecule has 146 valence electrons. The zero-order valence-corrected chi connectivity index (χ0v) is 16.4. The smallest absolute Gasteiger partial charge is 0.162 e. The molecule has 0 bridgehead atoms. The summed E-state index contributed by atoms with van der Waals surface area (Å²) in [5.74, 6) is 3.17. The highest BCUT2D eigenvalue weighted by Crippen LogP contribution is 2.35. The molecular weight excluding hydrogens is 356 g/mol. The van der Waals surface area contributed by atoms with Crippen LogP contribution in [0, 0.1) is 0 Å². The summed E-state index contributed by atoms with van der Waals surface area (Å²) in [6.07, 6.45) is 1.61. The number of benzene rings is 2. The van der Waals surface area contributed by atoms with Crippen LogP contribution < -0.4 is 24.0 Å². The van der Waals surface area contributed by atoms with Gasteiger partial charge in [-0.2, -0.15) is 0 Å². The fraction of sp³-hybridized carbons (Fsp3) is 0.333. The predicted octanol–water partition coefficient (Wildman–Crippen LogP) is 2.98. The maximum atomic E-state index is 5.51. The Morgan fingerprint density at radius 3 is 2.11 bits per heavy atom. The van der Waals surface area contributed by atoms with Crippen molar-refractivity contribution in [1.82, 2.24) is 9.97 Å². The van der Waals surface area contributed by atoms with E-state index in [-0.39, 0.29) is 0 Å². The predicted molar refractivity (Wildman–Crippen MR) is 110 cm³/mol. The lowest BCUT2D eigenvalue weighted by molar-refractivity contribution is 0.356. The minimum atomic E-state index is 0.667. The van der Waals surface area contributed by atoms with Gasteiger partial charge in [-0.25, -0.2) is 9.97 Å². The highest BCUT2D eigenvalue weighted by molar-refractivity contribution is 5.92. The fourth-order valence-electron chi connectivity index (χ4n) is 3.67. The molecule has 1 aliphatic rings. The SMILES string of the molecule is COc1cc2ncnc(N3CCN(c4ccccc4OC)CC3)c2cc1OC. The molecule has 3 aromatic rings. The van der Waals surface area contributed by atoms with Crippen LogP contribution in [0.5, 0.6) is 17.2 Å². The van der Waals surface area contributed by atoms with Gasteiger partial charge in [0.15, 0.2) is 11.5 Å². The molecule has 2 aromatic carbocycles. The van der Waals surface area contributed by atoms with Gasteiger partial charge in [0.25, 0.3) is 0 Å². The molecule has 1 aromatic heterocycles. The monoisotopic (exact) mass is 380 g/mol. The zero-order chi connectivity index (χ0) is 19.5. The Kier molecular flexibility index (Phi) is 5.06. The highest BCUT2D eigenvalue weighted by atomic mass is 16.5. The first-order chi connectivity index (χ1) is 13.7. The van der Waals surface area contributed by atoms with Gasteiger partial charge in [-0.1, -0.05) is 12.1 Å². The third kappa shape index (κ3) is 3.24. The summed E-state index contributed by atoms with van der Waals surface area (Å²) in [5, 5.41) is 0.964. The van der Waals surface area contributed by atoms with Crippen LogP contribution in [0.25, 0.3) is 10.9 Å². The number of nitrogens with zero attached hydrogens (tertiary/aromatic N) is 4. The van der Waals surface area contributed by atoms with Crippen LogP contribution >= 0.6 is 0 Å². The van der Waals surface area contributed by atoms with Crippen LogP contribution in [0.15, 0.2) is 42.7 Å². The van der Waals surface area contributed by atoms with Gasteiger partial charge in [-0.15, -0.1) is 0 Å². The first-order valence-corrected chi connectivity index (χ1v) is 9.24. The van der Waals surface area contributed by atoms with Crippen molar-refractivity contribution in [2.45, 2.75) is 0 Å². The standard InChI is InChI=1S/C21H24N4O3/c1-26-18-7-5-4-6-17(18)24-8-10-25(11-9-24)21-15-12-19(27-2)20(28-3)13-16(15)22-14-23-21/h4-7,12-14H,8-11H2,1-3H3. The second-order valence-electron chi connectivity index (χ2n) is 6.57. The first kappa shape index (κ1) is 18.2. The molecule has 0 unspecified atom stereocenters. The Balaban J connectivity index is 1.60. The molecule has 0 N–H and O–H groups in total. The molecule has 1 fully saturated rings. The molecule has 0 atom stereocenters. The van der Waals surface area contributed by atoms with Crippen molar-refractivity contribution in [3.05, 3.63) is 42.7 Å². The van der Waals surface area contributed by atoms with E-state index < -0.39 is 0 Å². The molecule has 2 heterocycles. The normalized spacial score (nSPS) is 14.2. The van der Waals surface area contributed by atoms with Gasteiger partial charge < -0.3 is 24.0 Å². The Hall–Kier alpha value is -3.22. The van der Waals surface area contributed by atoms with E-state index in [4.69, 9.17) is 14.2 Å². The number of piperazine rings is 1. The van der Waals surface area contributed by atoms with Crippen LogP contribution in [0.4, 0.5) is 11.5 Å². The highest BCUT2D eigenvalue weighted by Gasteiger charge is 2.22. The van der Waals surface area contributed by atoms with Crippen LogP contribution in [-0.4, -0.2) is 57.5 Å². The molecule has 28 heavy (non-hydrogen) atoms. The van der Waals surface area contributed by atoms with Crippen molar-refractivity contribution in [2.24, 2.45) is 0 Å². The molecule has 1 aliphatic heterocycles. The Bertz CT molecular complexity index is 971. The molecule has 0 aliphatic carbocycles. The summed E-state index contributed by atoms with van der Waals surface area (Å²) in [7, 11) is 4.98. The third-order valence-corrected chi connectivity index (χ3v) is 5.12. The Morgan fingerprint density at radius 2 is 1.39 bits per heavy atom. The average molecular weight is 380 g/mol. The number of ether oxygens (including phenoxy) is 3. The number of rotatable bonds is 5. The van der Waals surface area contributed by atoms with E-state index in [1.807, 2.05) is 30.3 Å². The molecule has 0 amide bonds. The number of methoxy groups -OCH3 is 3. The molecule has 0 spiro atoms. The number of fused-ring (bicyclic) bond motifs is 1. The van der Waals surface area contributed by atoms with Crippen molar-refractivity contribution in [1.29, 1.82) is 0 Å². The quantitative estimate of drug-likeness (QED) is 0.674. The Labute approximate surface area is 164 Å². The Morgan fingerprint density at radius 1 is 0.750 bits per heavy atom. The second kappa shape index (κ2) is 7.80. The number of hydrogen-bond acceptors (Lipinski definition) is 7. The van der Waals surface area contributed by atoms with Crippen LogP contribution in [0.1, 0.15) is 0 Å². The lowest BCUT2D eigenvalue weighted by Crippen LogP contribution is -2.47. The minimum Gasteiger partial charge on any atom is -0.495 e. The number of para-hydroxylation sites is 2. The molecular formula is C21H24N4O3. The van der Waals surface area contributed by atoms with Gasteiger partial charge in [-0.05, 0) is 18.2 Å². The average Bonchev–Trinajstić information content (AvgIpc) is 2.77. The van der Waals surface area contributed by atoms with E-state index in [9.17, 15) is 0 Å². The molecule has 0 saturated carbocycles. The van der Waals surface area contributed by atoms with E-state index >= 15 is 0 Å². The summed E-state index contributed by atoms with van der Waals surface area (Å²) >= 11 is 0. The van der Waals surface area contributed by atoms with E-state index in [2.05, 4.69) is 25.8 Å². The van der Waals surface area contributed by atoms with E-state index in [1.165, 1.54) is 0 Å². The van der Waals surface area contributed by atoms with E-state index in [1.54, 1.807) is 27.7 Å². The van der Waals surface area contributed by atoms with E-state index in [0.29, 0.717) is 11.5 Å². The second-order valence-corrected chi connectivity index (χ2v) is 6.57. The van der Waals surface area contributed by atoms with Crippen LogP contribution in [0.2, 0.25) is 0 Å².